The van der Waals surface area contributed by atoms with Gasteiger partial charge in [-0.05, 0) is 70.4 Å². The molecule has 0 aliphatic carbocycles. The van der Waals surface area contributed by atoms with Gasteiger partial charge in [-0.2, -0.15) is 0 Å². The molecule has 0 spiro atoms. The third kappa shape index (κ3) is 12.0. The molecule has 0 fully saturated rings. The number of aryl methyl sites for hydroxylation is 1. The Labute approximate surface area is 220 Å². The molecule has 1 aromatic heterocycles. The largest absolute Gasteiger partial charge is 0.392 e. The van der Waals surface area contributed by atoms with E-state index in [2.05, 4.69) is 50.2 Å². The van der Waals surface area contributed by atoms with Crippen LogP contribution in [0.15, 0.2) is 22.6 Å². The minimum absolute atomic E-state index is 0.0426. The number of aromatic nitrogens is 1. The second kappa shape index (κ2) is 17.2. The Morgan fingerprint density at radius 2 is 1.89 bits per heavy atom. The molecule has 1 aromatic rings. The second-order valence-electron chi connectivity index (χ2n) is 10.3. The highest BCUT2D eigenvalue weighted by atomic mass is 32.1. The van der Waals surface area contributed by atoms with Crippen molar-refractivity contribution in [3.8, 4) is 0 Å². The summed E-state index contributed by atoms with van der Waals surface area (Å²) < 4.78 is 5.71. The molecular formula is C30H53NO3S. The van der Waals surface area contributed by atoms with E-state index >= 15 is 0 Å². The fourth-order valence-corrected chi connectivity index (χ4v) is 5.11. The average molecular weight is 508 g/mol. The van der Waals surface area contributed by atoms with Crippen LogP contribution < -0.4 is 0 Å². The first-order valence-electron chi connectivity index (χ1n) is 13.4. The lowest BCUT2D eigenvalue weighted by atomic mass is 9.74. The molecular weight excluding hydrogens is 454 g/mol. The number of thiazole rings is 1. The quantitative estimate of drug-likeness (QED) is 0.242. The summed E-state index contributed by atoms with van der Waals surface area (Å²) in [6, 6.07) is 0. The van der Waals surface area contributed by atoms with E-state index < -0.39 is 6.10 Å². The highest BCUT2D eigenvalue weighted by Gasteiger charge is 2.35. The predicted molar refractivity (Wildman–Crippen MR) is 153 cm³/mol. The van der Waals surface area contributed by atoms with Crippen molar-refractivity contribution in [2.75, 3.05) is 7.11 Å². The number of nitrogens with zero attached hydrogens (tertiary/aromatic N) is 1. The summed E-state index contributed by atoms with van der Waals surface area (Å²) in [6.45, 7) is 20.3. The molecule has 0 saturated heterocycles. The molecule has 0 amide bonds. The van der Waals surface area contributed by atoms with Crippen LogP contribution in [0, 0.1) is 24.2 Å². The molecule has 1 rings (SSSR count). The van der Waals surface area contributed by atoms with Gasteiger partial charge in [-0.25, -0.2) is 4.98 Å². The van der Waals surface area contributed by atoms with E-state index in [-0.39, 0.29) is 29.1 Å². The number of rotatable bonds is 15. The zero-order valence-electron chi connectivity index (χ0n) is 24.4. The Bertz CT molecular complexity index is 793. The smallest absolute Gasteiger partial charge is 0.143 e. The van der Waals surface area contributed by atoms with Crippen LogP contribution in [0.3, 0.4) is 0 Å². The standard InChI is InChI=1S/C28H47NO3S.C2H6/c1-10-16-28(7,8)27(31)22(5)26(30)20(3)13-11-12-19(2)14-15-25(32-9)21(4)17-24-18-33-23(6)29-24;1-2/h14,17-18,20,22,25-26,30H,10-13,15-16H2,1-9H3;1-2H3/b19-14-,21-17+;. The lowest BCUT2D eigenvalue weighted by Gasteiger charge is -2.31. The molecule has 0 aliphatic rings. The minimum Gasteiger partial charge on any atom is -0.392 e. The number of allylic oxidation sites excluding steroid dienone is 1. The van der Waals surface area contributed by atoms with Crippen LogP contribution in [0.2, 0.25) is 0 Å². The molecule has 0 aliphatic heterocycles. The first kappa shape index (κ1) is 33.7. The first-order chi connectivity index (χ1) is 16.4. The maximum absolute atomic E-state index is 12.8. The SMILES string of the molecule is CC.CCCC(C)(C)C(=O)C(C)C(O)C(C)CCC/C(C)=C\CC(OC)/C(C)=C/c1csc(C)n1. The van der Waals surface area contributed by atoms with Crippen molar-refractivity contribution in [1.29, 1.82) is 0 Å². The van der Waals surface area contributed by atoms with Crippen molar-refractivity contribution < 1.29 is 14.6 Å². The van der Waals surface area contributed by atoms with Gasteiger partial charge in [0.25, 0.3) is 0 Å². The van der Waals surface area contributed by atoms with Crippen molar-refractivity contribution >= 4 is 23.2 Å². The van der Waals surface area contributed by atoms with Gasteiger partial charge in [0.1, 0.15) is 5.78 Å². The minimum atomic E-state index is -0.585. The Kier molecular flexibility index (Phi) is 16.6. The summed E-state index contributed by atoms with van der Waals surface area (Å²) in [6.07, 6.45) is 9.41. The molecule has 4 atom stereocenters. The molecule has 0 aromatic carbocycles. The molecule has 0 saturated carbocycles. The lowest BCUT2D eigenvalue weighted by molar-refractivity contribution is -0.135. The normalized spacial score (nSPS) is 16.2. The van der Waals surface area contributed by atoms with Crippen LogP contribution in [-0.4, -0.2) is 35.2 Å². The fraction of sp³-hybridized carbons (Fsp3) is 0.733. The number of methoxy groups -OCH3 is 1. The predicted octanol–water partition coefficient (Wildman–Crippen LogP) is 8.43. The van der Waals surface area contributed by atoms with E-state index in [0.29, 0.717) is 0 Å². The molecule has 4 unspecified atom stereocenters. The highest BCUT2D eigenvalue weighted by Crippen LogP contribution is 2.31. The van der Waals surface area contributed by atoms with Gasteiger partial charge in [0.05, 0.1) is 22.9 Å². The Morgan fingerprint density at radius 1 is 1.26 bits per heavy atom. The third-order valence-electron chi connectivity index (χ3n) is 6.77. The van der Waals surface area contributed by atoms with Crippen LogP contribution in [-0.2, 0) is 9.53 Å². The van der Waals surface area contributed by atoms with E-state index in [1.165, 1.54) is 11.1 Å². The molecule has 0 bridgehead atoms. The number of aliphatic hydroxyl groups excluding tert-OH is 1. The maximum Gasteiger partial charge on any atom is 0.143 e. The van der Waals surface area contributed by atoms with Crippen LogP contribution >= 0.6 is 11.3 Å². The highest BCUT2D eigenvalue weighted by molar-refractivity contribution is 7.09. The summed E-state index contributed by atoms with van der Waals surface area (Å²) >= 11 is 1.66. The van der Waals surface area contributed by atoms with Gasteiger partial charge < -0.3 is 9.84 Å². The van der Waals surface area contributed by atoms with E-state index in [1.807, 2.05) is 41.5 Å². The molecule has 1 heterocycles. The number of aliphatic hydroxyl groups is 1. The van der Waals surface area contributed by atoms with E-state index in [4.69, 9.17) is 4.74 Å². The summed E-state index contributed by atoms with van der Waals surface area (Å²) in [5.41, 5.74) is 3.14. The van der Waals surface area contributed by atoms with E-state index in [9.17, 15) is 9.90 Å². The van der Waals surface area contributed by atoms with Gasteiger partial charge in [0.2, 0.25) is 0 Å². The fourth-order valence-electron chi connectivity index (χ4n) is 4.54. The van der Waals surface area contributed by atoms with E-state index in [1.54, 1.807) is 18.4 Å². The van der Waals surface area contributed by atoms with Crippen LogP contribution in [0.1, 0.15) is 112 Å². The third-order valence-corrected chi connectivity index (χ3v) is 7.56. The van der Waals surface area contributed by atoms with Crippen molar-refractivity contribution in [2.45, 2.75) is 120 Å². The van der Waals surface area contributed by atoms with Crippen molar-refractivity contribution in [3.05, 3.63) is 33.3 Å². The monoisotopic (exact) mass is 507 g/mol. The molecule has 202 valence electrons. The molecule has 5 heteroatoms. The molecule has 1 N–H and O–H groups in total. The van der Waals surface area contributed by atoms with Crippen LogP contribution in [0.4, 0.5) is 0 Å². The van der Waals surface area contributed by atoms with Crippen LogP contribution in [0.25, 0.3) is 6.08 Å². The van der Waals surface area contributed by atoms with Gasteiger partial charge in [-0.1, -0.05) is 66.5 Å². The van der Waals surface area contributed by atoms with Gasteiger partial charge in [0, 0.05) is 23.8 Å². The van der Waals surface area contributed by atoms with Gasteiger partial charge in [0.15, 0.2) is 0 Å². The van der Waals surface area contributed by atoms with Crippen molar-refractivity contribution in [2.24, 2.45) is 17.3 Å². The van der Waals surface area contributed by atoms with E-state index in [0.717, 1.165) is 49.2 Å². The summed E-state index contributed by atoms with van der Waals surface area (Å²) in [4.78, 5) is 17.4. The molecule has 35 heavy (non-hydrogen) atoms. The summed E-state index contributed by atoms with van der Waals surface area (Å²) in [7, 11) is 1.75. The Balaban J connectivity index is 0.00000562. The Hall–Kier alpha value is -1.30. The maximum atomic E-state index is 12.8. The average Bonchev–Trinajstić information content (AvgIpc) is 3.23. The van der Waals surface area contributed by atoms with Gasteiger partial charge in [-0.3, -0.25) is 4.79 Å². The van der Waals surface area contributed by atoms with Crippen molar-refractivity contribution in [1.82, 2.24) is 4.98 Å². The zero-order chi connectivity index (χ0) is 27.2. The van der Waals surface area contributed by atoms with Crippen LogP contribution in [0.5, 0.6) is 0 Å². The second-order valence-corrected chi connectivity index (χ2v) is 11.4. The summed E-state index contributed by atoms with van der Waals surface area (Å²) in [5, 5.41) is 13.9. The van der Waals surface area contributed by atoms with Gasteiger partial charge in [-0.15, -0.1) is 11.3 Å². The number of carbonyl (C=O) groups is 1. The number of carbonyl (C=O) groups excluding carboxylic acids is 1. The lowest BCUT2D eigenvalue weighted by Crippen LogP contribution is -2.38. The molecule has 4 nitrogen and oxygen atoms in total. The zero-order valence-corrected chi connectivity index (χ0v) is 25.2. The topological polar surface area (TPSA) is 59.4 Å². The number of Topliss-reactive ketones (excluding diaryl/α,β-unsaturated/α-hetero) is 1. The number of hydrogen-bond acceptors (Lipinski definition) is 5. The molecule has 0 radical (unpaired) electrons. The Morgan fingerprint density at radius 3 is 2.40 bits per heavy atom. The number of ether oxygens (including phenoxy) is 1. The first-order valence-corrected chi connectivity index (χ1v) is 14.3. The summed E-state index contributed by atoms with van der Waals surface area (Å²) in [5.74, 6) is -0.0359. The van der Waals surface area contributed by atoms with Crippen molar-refractivity contribution in [3.63, 3.8) is 0 Å². The van der Waals surface area contributed by atoms with Gasteiger partial charge >= 0.3 is 0 Å². The number of hydrogen-bond donors (Lipinski definition) is 1. The number of ketones is 1.